The largest absolute Gasteiger partial charge is 0.319 e. The third-order valence-electron chi connectivity index (χ3n) is 6.14. The molecule has 0 saturated carbocycles. The number of amides is 1. The monoisotopic (exact) mass is 518 g/mol. The van der Waals surface area contributed by atoms with Crippen molar-refractivity contribution in [2.24, 2.45) is 0 Å². The first-order valence-electron chi connectivity index (χ1n) is 11.6. The molecule has 0 aliphatic heterocycles. The van der Waals surface area contributed by atoms with Crippen LogP contribution in [0, 0.1) is 19.7 Å². The maximum Gasteiger partial charge on any atom is 0.256 e. The first-order valence-corrected chi connectivity index (χ1v) is 12.8. The second kappa shape index (κ2) is 9.84. The van der Waals surface area contributed by atoms with Gasteiger partial charge in [-0.25, -0.2) is 9.37 Å². The van der Waals surface area contributed by atoms with Crippen molar-refractivity contribution < 1.29 is 9.18 Å². The van der Waals surface area contributed by atoms with E-state index >= 15 is 0 Å². The van der Waals surface area contributed by atoms with E-state index in [-0.39, 0.29) is 11.7 Å². The Morgan fingerprint density at radius 1 is 1.08 bits per heavy atom. The zero-order valence-corrected chi connectivity index (χ0v) is 21.7. The van der Waals surface area contributed by atoms with Gasteiger partial charge in [-0.05, 0) is 74.4 Å². The van der Waals surface area contributed by atoms with Crippen molar-refractivity contribution in [2.75, 3.05) is 5.32 Å². The lowest BCUT2D eigenvalue weighted by Crippen LogP contribution is -2.14. The summed E-state index contributed by atoms with van der Waals surface area (Å²) in [6.45, 7) is 6.35. The predicted octanol–water partition coefficient (Wildman–Crippen LogP) is 7.43. The van der Waals surface area contributed by atoms with Crippen LogP contribution in [-0.2, 0) is 13.0 Å². The zero-order chi connectivity index (χ0) is 25.4. The summed E-state index contributed by atoms with van der Waals surface area (Å²) in [4.78, 5) is 20.7. The summed E-state index contributed by atoms with van der Waals surface area (Å²) >= 11 is 7.96. The lowest BCUT2D eigenvalue weighted by molar-refractivity contribution is 0.102. The fourth-order valence-electron chi connectivity index (χ4n) is 4.19. The molecule has 3 aromatic heterocycles. The fourth-order valence-corrected chi connectivity index (χ4v) is 5.27. The molecule has 0 aliphatic rings. The summed E-state index contributed by atoms with van der Waals surface area (Å²) in [6.07, 6.45) is 0.946. The number of hydrogen-bond donors (Lipinski definition) is 1. The molecule has 1 N–H and O–H groups in total. The lowest BCUT2D eigenvalue weighted by Gasteiger charge is -2.11. The van der Waals surface area contributed by atoms with Gasteiger partial charge in [0.15, 0.2) is 0 Å². The van der Waals surface area contributed by atoms with Gasteiger partial charge in [0.1, 0.15) is 5.82 Å². The number of aryl methyl sites for hydroxylation is 2. The first-order chi connectivity index (χ1) is 17.3. The Balaban J connectivity index is 1.51. The van der Waals surface area contributed by atoms with E-state index in [0.717, 1.165) is 28.2 Å². The molecule has 8 heteroatoms. The molecule has 5 nitrogen and oxygen atoms in total. The minimum absolute atomic E-state index is 0.259. The van der Waals surface area contributed by atoms with Gasteiger partial charge in [-0.15, -0.1) is 11.3 Å². The molecular formula is C28H24ClFN4OS. The molecule has 1 amide bonds. The SMILES string of the molecule is CCc1ccc(-c2cc(C(=O)Nc3c(C)nn(Cc4ccc(F)cc4)c3C)c3cc(Cl)ccc3n2)s1. The van der Waals surface area contributed by atoms with Gasteiger partial charge < -0.3 is 5.32 Å². The molecule has 5 rings (SSSR count). The molecule has 0 spiro atoms. The Morgan fingerprint density at radius 2 is 1.86 bits per heavy atom. The van der Waals surface area contributed by atoms with Gasteiger partial charge in [0.05, 0.1) is 45.3 Å². The van der Waals surface area contributed by atoms with Crippen molar-refractivity contribution in [1.29, 1.82) is 0 Å². The number of carbonyl (C=O) groups is 1. The van der Waals surface area contributed by atoms with E-state index < -0.39 is 0 Å². The quantitative estimate of drug-likeness (QED) is 0.254. The summed E-state index contributed by atoms with van der Waals surface area (Å²) in [5, 5.41) is 8.89. The number of nitrogens with zero attached hydrogens (tertiary/aromatic N) is 3. The summed E-state index contributed by atoms with van der Waals surface area (Å²) in [6, 6.07) is 17.7. The molecular weight excluding hydrogens is 495 g/mol. The Morgan fingerprint density at radius 3 is 2.58 bits per heavy atom. The highest BCUT2D eigenvalue weighted by molar-refractivity contribution is 7.15. The third kappa shape index (κ3) is 4.76. The molecule has 182 valence electrons. The van der Waals surface area contributed by atoms with Crippen LogP contribution in [0.5, 0.6) is 0 Å². The first kappa shape index (κ1) is 24.2. The van der Waals surface area contributed by atoms with E-state index in [0.29, 0.717) is 39.4 Å². The van der Waals surface area contributed by atoms with Crippen LogP contribution in [0.15, 0.2) is 60.7 Å². The van der Waals surface area contributed by atoms with Gasteiger partial charge in [0.25, 0.3) is 5.91 Å². The van der Waals surface area contributed by atoms with E-state index in [9.17, 15) is 9.18 Å². The maximum atomic E-state index is 13.6. The topological polar surface area (TPSA) is 59.8 Å². The van der Waals surface area contributed by atoms with Crippen LogP contribution in [0.1, 0.15) is 39.1 Å². The number of carbonyl (C=O) groups excluding carboxylic acids is 1. The number of fused-ring (bicyclic) bond motifs is 1. The van der Waals surface area contributed by atoms with Gasteiger partial charge in [-0.2, -0.15) is 5.10 Å². The Bertz CT molecular complexity index is 1590. The van der Waals surface area contributed by atoms with Crippen molar-refractivity contribution in [1.82, 2.24) is 14.8 Å². The Kier molecular flexibility index (Phi) is 6.60. The number of pyridine rings is 1. The number of anilines is 1. The van der Waals surface area contributed by atoms with E-state index in [1.807, 2.05) is 36.7 Å². The number of halogens is 2. The highest BCUT2D eigenvalue weighted by Crippen LogP contribution is 2.32. The smallest absolute Gasteiger partial charge is 0.256 e. The number of benzene rings is 2. The molecule has 0 fully saturated rings. The molecule has 36 heavy (non-hydrogen) atoms. The van der Waals surface area contributed by atoms with Crippen LogP contribution in [0.3, 0.4) is 0 Å². The highest BCUT2D eigenvalue weighted by Gasteiger charge is 2.19. The fraction of sp³-hybridized carbons (Fsp3) is 0.179. The molecule has 2 aromatic carbocycles. The number of aromatic nitrogens is 3. The van der Waals surface area contributed by atoms with Crippen molar-refractivity contribution in [3.05, 3.63) is 98.9 Å². The van der Waals surface area contributed by atoms with Crippen LogP contribution < -0.4 is 5.32 Å². The van der Waals surface area contributed by atoms with Crippen molar-refractivity contribution in [3.63, 3.8) is 0 Å². The van der Waals surface area contributed by atoms with Gasteiger partial charge in [0, 0.05) is 15.3 Å². The zero-order valence-electron chi connectivity index (χ0n) is 20.1. The van der Waals surface area contributed by atoms with Gasteiger partial charge >= 0.3 is 0 Å². The van der Waals surface area contributed by atoms with E-state index in [2.05, 4.69) is 23.4 Å². The van der Waals surface area contributed by atoms with Crippen molar-refractivity contribution >= 4 is 45.4 Å². The van der Waals surface area contributed by atoms with E-state index in [1.54, 1.807) is 35.6 Å². The van der Waals surface area contributed by atoms with Crippen molar-refractivity contribution in [2.45, 2.75) is 33.7 Å². The lowest BCUT2D eigenvalue weighted by atomic mass is 10.1. The van der Waals surface area contributed by atoms with Crippen LogP contribution in [0.25, 0.3) is 21.5 Å². The van der Waals surface area contributed by atoms with Crippen LogP contribution >= 0.6 is 22.9 Å². The molecule has 0 aliphatic carbocycles. The average molecular weight is 519 g/mol. The van der Waals surface area contributed by atoms with Crippen LogP contribution in [-0.4, -0.2) is 20.7 Å². The highest BCUT2D eigenvalue weighted by atomic mass is 35.5. The molecule has 0 bridgehead atoms. The molecule has 5 aromatic rings. The molecule has 3 heterocycles. The van der Waals surface area contributed by atoms with Gasteiger partial charge in [0.2, 0.25) is 0 Å². The Hall–Kier alpha value is -3.55. The maximum absolute atomic E-state index is 13.6. The summed E-state index contributed by atoms with van der Waals surface area (Å²) in [5.74, 6) is -0.539. The minimum atomic E-state index is -0.280. The average Bonchev–Trinajstić information content (AvgIpc) is 3.45. The summed E-state index contributed by atoms with van der Waals surface area (Å²) in [5.41, 5.74) is 5.03. The molecule has 0 saturated heterocycles. The van der Waals surface area contributed by atoms with E-state index in [1.165, 1.54) is 17.0 Å². The second-order valence-electron chi connectivity index (χ2n) is 8.62. The van der Waals surface area contributed by atoms with Gasteiger partial charge in [-0.3, -0.25) is 9.48 Å². The standard InChI is InChI=1S/C28H24ClFN4OS/c1-4-21-10-12-26(36-21)25-14-23(22-13-19(29)7-11-24(22)31-25)28(35)32-27-16(2)33-34(17(27)3)15-18-5-8-20(30)9-6-18/h5-14H,4,15H2,1-3H3,(H,32,35). The number of thiophene rings is 1. The minimum Gasteiger partial charge on any atom is -0.319 e. The van der Waals surface area contributed by atoms with Crippen molar-refractivity contribution in [3.8, 4) is 10.6 Å². The number of rotatable bonds is 6. The normalized spacial score (nSPS) is 11.2. The number of nitrogens with one attached hydrogen (secondary N) is 1. The van der Waals surface area contributed by atoms with Crippen LogP contribution in [0.2, 0.25) is 5.02 Å². The molecule has 0 radical (unpaired) electrons. The third-order valence-corrected chi connectivity index (χ3v) is 7.63. The number of hydrogen-bond acceptors (Lipinski definition) is 4. The summed E-state index contributed by atoms with van der Waals surface area (Å²) < 4.78 is 15.1. The molecule has 0 unspecified atom stereocenters. The Labute approximate surface area is 217 Å². The van der Waals surface area contributed by atoms with E-state index in [4.69, 9.17) is 16.6 Å². The second-order valence-corrected chi connectivity index (χ2v) is 10.2. The van der Waals surface area contributed by atoms with Crippen LogP contribution in [0.4, 0.5) is 10.1 Å². The van der Waals surface area contributed by atoms with Gasteiger partial charge in [-0.1, -0.05) is 30.7 Å². The molecule has 0 atom stereocenters. The predicted molar refractivity (Wildman–Crippen MR) is 145 cm³/mol. The summed E-state index contributed by atoms with van der Waals surface area (Å²) in [7, 11) is 0.